The zero-order chi connectivity index (χ0) is 13.1. The third-order valence-corrected chi connectivity index (χ3v) is 3.83. The molecule has 1 aromatic heterocycles. The first-order chi connectivity index (χ1) is 9.35. The van der Waals surface area contributed by atoms with Crippen LogP contribution < -0.4 is 4.74 Å². The zero-order valence-electron chi connectivity index (χ0n) is 10.5. The van der Waals surface area contributed by atoms with Crippen molar-refractivity contribution < 1.29 is 4.74 Å². The Labute approximate surface area is 116 Å². The second kappa shape index (κ2) is 5.24. The van der Waals surface area contributed by atoms with E-state index >= 15 is 0 Å². The van der Waals surface area contributed by atoms with E-state index in [4.69, 9.17) is 4.74 Å². The van der Waals surface area contributed by atoms with Crippen LogP contribution in [0.5, 0.6) is 5.75 Å². The number of nitrogens with zero attached hydrogens (tertiary/aromatic N) is 1. The average Bonchev–Trinajstić information content (AvgIpc) is 2.88. The summed E-state index contributed by atoms with van der Waals surface area (Å²) in [7, 11) is 1.67. The SMILES string of the molecule is COc1ccc2sc(/C=C/c3ccccc3)nc2c1. The van der Waals surface area contributed by atoms with Crippen LogP contribution in [0.1, 0.15) is 10.6 Å². The molecule has 3 heteroatoms. The van der Waals surface area contributed by atoms with Gasteiger partial charge in [-0.1, -0.05) is 36.4 Å². The Morgan fingerprint density at radius 3 is 2.68 bits per heavy atom. The molecule has 19 heavy (non-hydrogen) atoms. The van der Waals surface area contributed by atoms with Crippen LogP contribution in [0, 0.1) is 0 Å². The number of benzene rings is 2. The fourth-order valence-corrected chi connectivity index (χ4v) is 2.71. The summed E-state index contributed by atoms with van der Waals surface area (Å²) in [4.78, 5) is 4.59. The largest absolute Gasteiger partial charge is 0.497 e. The van der Waals surface area contributed by atoms with Crippen molar-refractivity contribution in [2.24, 2.45) is 0 Å². The Morgan fingerprint density at radius 2 is 1.89 bits per heavy atom. The molecule has 0 aliphatic rings. The fraction of sp³-hybridized carbons (Fsp3) is 0.0625. The van der Waals surface area contributed by atoms with Crippen LogP contribution in [0.25, 0.3) is 22.4 Å². The molecule has 0 atom stereocenters. The highest BCUT2D eigenvalue weighted by Crippen LogP contribution is 2.26. The number of ether oxygens (including phenoxy) is 1. The average molecular weight is 267 g/mol. The van der Waals surface area contributed by atoms with Gasteiger partial charge in [-0.05, 0) is 23.8 Å². The van der Waals surface area contributed by atoms with Crippen molar-refractivity contribution in [2.45, 2.75) is 0 Å². The molecule has 0 N–H and O–H groups in total. The molecule has 2 aromatic carbocycles. The Kier molecular flexibility index (Phi) is 3.29. The van der Waals surface area contributed by atoms with Gasteiger partial charge in [0.25, 0.3) is 0 Å². The van der Waals surface area contributed by atoms with E-state index in [1.807, 2.05) is 42.5 Å². The van der Waals surface area contributed by atoms with Gasteiger partial charge in [0.05, 0.1) is 17.3 Å². The van der Waals surface area contributed by atoms with Gasteiger partial charge in [0, 0.05) is 6.07 Å². The predicted octanol–water partition coefficient (Wildman–Crippen LogP) is 4.48. The molecule has 2 nitrogen and oxygen atoms in total. The maximum absolute atomic E-state index is 5.21. The van der Waals surface area contributed by atoms with Gasteiger partial charge in [0.1, 0.15) is 10.8 Å². The number of aromatic nitrogens is 1. The van der Waals surface area contributed by atoms with Crippen LogP contribution in [0.4, 0.5) is 0 Å². The maximum atomic E-state index is 5.21. The minimum atomic E-state index is 0.844. The molecule has 0 fully saturated rings. The lowest BCUT2D eigenvalue weighted by molar-refractivity contribution is 0.415. The number of thiazole rings is 1. The van der Waals surface area contributed by atoms with Crippen LogP contribution in [0.2, 0.25) is 0 Å². The first-order valence-corrected chi connectivity index (χ1v) is 6.84. The lowest BCUT2D eigenvalue weighted by Crippen LogP contribution is -1.80. The first kappa shape index (κ1) is 11.9. The van der Waals surface area contributed by atoms with Crippen LogP contribution in [-0.2, 0) is 0 Å². The molecule has 0 bridgehead atoms. The van der Waals surface area contributed by atoms with Gasteiger partial charge in [-0.15, -0.1) is 11.3 Å². The summed E-state index contributed by atoms with van der Waals surface area (Å²) in [6, 6.07) is 16.2. The molecule has 0 radical (unpaired) electrons. The second-order valence-corrected chi connectivity index (χ2v) is 5.19. The number of hydrogen-bond acceptors (Lipinski definition) is 3. The van der Waals surface area contributed by atoms with Crippen molar-refractivity contribution in [2.75, 3.05) is 7.11 Å². The third-order valence-electron chi connectivity index (χ3n) is 2.83. The molecular weight excluding hydrogens is 254 g/mol. The normalized spacial score (nSPS) is 11.2. The van der Waals surface area contributed by atoms with Crippen molar-refractivity contribution in [1.29, 1.82) is 0 Å². The monoisotopic (exact) mass is 267 g/mol. The molecule has 3 rings (SSSR count). The van der Waals surface area contributed by atoms with E-state index in [1.165, 1.54) is 10.3 Å². The summed E-state index contributed by atoms with van der Waals surface area (Å²) in [5.74, 6) is 0.844. The second-order valence-electron chi connectivity index (χ2n) is 4.13. The van der Waals surface area contributed by atoms with Gasteiger partial charge < -0.3 is 4.74 Å². The van der Waals surface area contributed by atoms with E-state index in [9.17, 15) is 0 Å². The fourth-order valence-electron chi connectivity index (χ4n) is 1.85. The van der Waals surface area contributed by atoms with Crippen LogP contribution in [0.15, 0.2) is 48.5 Å². The van der Waals surface area contributed by atoms with E-state index in [0.29, 0.717) is 0 Å². The maximum Gasteiger partial charge on any atom is 0.121 e. The van der Waals surface area contributed by atoms with Crippen LogP contribution >= 0.6 is 11.3 Å². The highest BCUT2D eigenvalue weighted by molar-refractivity contribution is 7.19. The molecule has 1 heterocycles. The number of hydrogen-bond donors (Lipinski definition) is 0. The van der Waals surface area contributed by atoms with Gasteiger partial charge in [0.2, 0.25) is 0 Å². The van der Waals surface area contributed by atoms with E-state index < -0.39 is 0 Å². The molecule has 0 saturated carbocycles. The molecule has 0 saturated heterocycles. The van der Waals surface area contributed by atoms with E-state index in [1.54, 1.807) is 18.4 Å². The van der Waals surface area contributed by atoms with E-state index in [2.05, 4.69) is 23.2 Å². The molecular formula is C16H13NOS. The highest BCUT2D eigenvalue weighted by atomic mass is 32.1. The molecule has 94 valence electrons. The Hall–Kier alpha value is -2.13. The molecule has 3 aromatic rings. The third kappa shape index (κ3) is 2.66. The van der Waals surface area contributed by atoms with Crippen LogP contribution in [-0.4, -0.2) is 12.1 Å². The van der Waals surface area contributed by atoms with Crippen molar-refractivity contribution in [1.82, 2.24) is 4.98 Å². The summed E-state index contributed by atoms with van der Waals surface area (Å²) in [5.41, 5.74) is 2.16. The summed E-state index contributed by atoms with van der Waals surface area (Å²) in [6.45, 7) is 0. The predicted molar refractivity (Wildman–Crippen MR) is 81.5 cm³/mol. The summed E-state index contributed by atoms with van der Waals surface area (Å²) in [6.07, 6.45) is 4.13. The zero-order valence-corrected chi connectivity index (χ0v) is 11.4. The van der Waals surface area contributed by atoms with E-state index in [0.717, 1.165) is 16.3 Å². The standard InChI is InChI=1S/C16H13NOS/c1-18-13-8-9-15-14(11-13)17-16(19-15)10-7-12-5-3-2-4-6-12/h2-11H,1H3/b10-7+. The van der Waals surface area contributed by atoms with Crippen molar-refractivity contribution in [3.63, 3.8) is 0 Å². The molecule has 0 aliphatic carbocycles. The molecule has 0 aliphatic heterocycles. The number of methoxy groups -OCH3 is 1. The Morgan fingerprint density at radius 1 is 1.05 bits per heavy atom. The van der Waals surface area contributed by atoms with Gasteiger partial charge in [-0.3, -0.25) is 0 Å². The summed E-state index contributed by atoms with van der Waals surface area (Å²) in [5, 5.41) is 1.01. The Bertz CT molecular complexity index is 716. The van der Waals surface area contributed by atoms with Crippen molar-refractivity contribution >= 4 is 33.7 Å². The summed E-state index contributed by atoms with van der Waals surface area (Å²) < 4.78 is 6.38. The van der Waals surface area contributed by atoms with Crippen molar-refractivity contribution in [3.8, 4) is 5.75 Å². The minimum Gasteiger partial charge on any atom is -0.497 e. The highest BCUT2D eigenvalue weighted by Gasteiger charge is 2.02. The van der Waals surface area contributed by atoms with Crippen LogP contribution in [0.3, 0.4) is 0 Å². The lowest BCUT2D eigenvalue weighted by Gasteiger charge is -1.96. The van der Waals surface area contributed by atoms with Gasteiger partial charge in [-0.25, -0.2) is 4.98 Å². The van der Waals surface area contributed by atoms with Gasteiger partial charge in [0.15, 0.2) is 0 Å². The van der Waals surface area contributed by atoms with Crippen molar-refractivity contribution in [3.05, 3.63) is 59.1 Å². The summed E-state index contributed by atoms with van der Waals surface area (Å²) >= 11 is 1.68. The first-order valence-electron chi connectivity index (χ1n) is 6.03. The quantitative estimate of drug-likeness (QED) is 0.698. The number of rotatable bonds is 3. The molecule has 0 unspecified atom stereocenters. The topological polar surface area (TPSA) is 22.1 Å². The Balaban J connectivity index is 1.91. The smallest absolute Gasteiger partial charge is 0.121 e. The van der Waals surface area contributed by atoms with Gasteiger partial charge >= 0.3 is 0 Å². The number of fused-ring (bicyclic) bond motifs is 1. The lowest BCUT2D eigenvalue weighted by atomic mass is 10.2. The minimum absolute atomic E-state index is 0.844. The molecule has 0 spiro atoms. The van der Waals surface area contributed by atoms with E-state index in [-0.39, 0.29) is 0 Å². The molecule has 0 amide bonds. The van der Waals surface area contributed by atoms with Gasteiger partial charge in [-0.2, -0.15) is 0 Å².